The first-order valence-corrected chi connectivity index (χ1v) is 3.59. The number of rotatable bonds is 0. The Morgan fingerprint density at radius 3 is 3.18 bits per heavy atom. The highest BCUT2D eigenvalue weighted by Crippen LogP contribution is 1.99. The molecule has 0 N–H and O–H groups in total. The van der Waals surface area contributed by atoms with Crippen LogP contribution in [0.5, 0.6) is 0 Å². The van der Waals surface area contributed by atoms with E-state index < -0.39 is 0 Å². The molecule has 60 valence electrons. The molecular formula is C7H11N3O. The summed E-state index contributed by atoms with van der Waals surface area (Å²) in [6.45, 7) is 2.21. The number of nitrogens with zero attached hydrogens (tertiary/aromatic N) is 3. The predicted octanol–water partition coefficient (Wildman–Crippen LogP) is 0.218. The third-order valence-electron chi connectivity index (χ3n) is 1.66. The molecule has 0 spiro atoms. The summed E-state index contributed by atoms with van der Waals surface area (Å²) in [6.07, 6.45) is 2.53. The summed E-state index contributed by atoms with van der Waals surface area (Å²) in [5.41, 5.74) is 0. The summed E-state index contributed by atoms with van der Waals surface area (Å²) in [5, 5.41) is 8.32. The SMILES string of the molecule is CN1CCOCCC1=NC#N. The molecule has 0 aromatic rings. The molecule has 1 fully saturated rings. The number of likely N-dealkylation sites (N-methyl/N-ethyl adjacent to an activating group) is 1. The van der Waals surface area contributed by atoms with Gasteiger partial charge in [0.1, 0.15) is 5.84 Å². The van der Waals surface area contributed by atoms with Crippen molar-refractivity contribution in [1.29, 1.82) is 5.26 Å². The Hall–Kier alpha value is -1.08. The largest absolute Gasteiger partial charge is 0.379 e. The monoisotopic (exact) mass is 153 g/mol. The number of aliphatic imine (C=N–C) groups is 1. The van der Waals surface area contributed by atoms with Crippen LogP contribution in [0.25, 0.3) is 0 Å². The van der Waals surface area contributed by atoms with Crippen LogP contribution in [0.3, 0.4) is 0 Å². The lowest BCUT2D eigenvalue weighted by molar-refractivity contribution is 0.144. The van der Waals surface area contributed by atoms with E-state index in [0.29, 0.717) is 6.61 Å². The zero-order chi connectivity index (χ0) is 8.10. The number of nitriles is 1. The predicted molar refractivity (Wildman–Crippen MR) is 41.1 cm³/mol. The van der Waals surface area contributed by atoms with Gasteiger partial charge in [-0.2, -0.15) is 10.3 Å². The van der Waals surface area contributed by atoms with Gasteiger partial charge in [0.15, 0.2) is 0 Å². The summed E-state index contributed by atoms with van der Waals surface area (Å²) in [4.78, 5) is 5.65. The van der Waals surface area contributed by atoms with Crippen molar-refractivity contribution in [2.75, 3.05) is 26.8 Å². The Bertz CT molecular complexity index is 194. The zero-order valence-electron chi connectivity index (χ0n) is 6.58. The number of hydrogen-bond acceptors (Lipinski definition) is 3. The molecule has 4 heteroatoms. The van der Waals surface area contributed by atoms with E-state index in [1.165, 1.54) is 0 Å². The minimum absolute atomic E-state index is 0.671. The Labute approximate surface area is 66.1 Å². The van der Waals surface area contributed by atoms with Gasteiger partial charge in [-0.1, -0.05) is 0 Å². The summed E-state index contributed by atoms with van der Waals surface area (Å²) in [7, 11) is 1.92. The van der Waals surface area contributed by atoms with E-state index in [4.69, 9.17) is 10.00 Å². The molecule has 0 saturated carbocycles. The Morgan fingerprint density at radius 1 is 1.64 bits per heavy atom. The number of hydrogen-bond donors (Lipinski definition) is 0. The van der Waals surface area contributed by atoms with Gasteiger partial charge in [0, 0.05) is 20.0 Å². The van der Waals surface area contributed by atoms with Crippen molar-refractivity contribution in [1.82, 2.24) is 4.90 Å². The molecule has 0 atom stereocenters. The van der Waals surface area contributed by atoms with E-state index in [2.05, 4.69) is 4.99 Å². The van der Waals surface area contributed by atoms with Crippen molar-refractivity contribution in [2.24, 2.45) is 4.99 Å². The highest BCUT2D eigenvalue weighted by atomic mass is 16.5. The Balaban J connectivity index is 2.61. The van der Waals surface area contributed by atoms with Gasteiger partial charge in [0.05, 0.1) is 13.2 Å². The average Bonchev–Trinajstić information content (AvgIpc) is 2.18. The van der Waals surface area contributed by atoms with Crippen LogP contribution >= 0.6 is 0 Å². The molecule has 0 amide bonds. The maximum Gasteiger partial charge on any atom is 0.207 e. The topological polar surface area (TPSA) is 48.6 Å². The minimum Gasteiger partial charge on any atom is -0.379 e. The van der Waals surface area contributed by atoms with Crippen LogP contribution in [0.15, 0.2) is 4.99 Å². The van der Waals surface area contributed by atoms with Gasteiger partial charge in [0.2, 0.25) is 6.19 Å². The Kier molecular flexibility index (Phi) is 2.87. The van der Waals surface area contributed by atoms with Crippen molar-refractivity contribution in [3.8, 4) is 6.19 Å². The van der Waals surface area contributed by atoms with Gasteiger partial charge < -0.3 is 9.64 Å². The molecule has 0 unspecified atom stereocenters. The standard InChI is InChI=1S/C7H11N3O/c1-10-3-5-11-4-2-7(10)9-6-8/h2-5H2,1H3. The minimum atomic E-state index is 0.671. The van der Waals surface area contributed by atoms with Crippen LogP contribution in [0.4, 0.5) is 0 Å². The molecule has 1 aliphatic heterocycles. The zero-order valence-corrected chi connectivity index (χ0v) is 6.58. The lowest BCUT2D eigenvalue weighted by Gasteiger charge is -2.14. The summed E-state index contributed by atoms with van der Waals surface area (Å²) >= 11 is 0. The first kappa shape index (κ1) is 8.02. The molecule has 0 aromatic carbocycles. The summed E-state index contributed by atoms with van der Waals surface area (Å²) in [6, 6.07) is 0. The fourth-order valence-corrected chi connectivity index (χ4v) is 0.986. The fraction of sp³-hybridized carbons (Fsp3) is 0.714. The molecule has 1 rings (SSSR count). The van der Waals surface area contributed by atoms with E-state index >= 15 is 0 Å². The van der Waals surface area contributed by atoms with E-state index in [1.807, 2.05) is 11.9 Å². The van der Waals surface area contributed by atoms with E-state index in [-0.39, 0.29) is 0 Å². The summed E-state index contributed by atoms with van der Waals surface area (Å²) < 4.78 is 5.21. The van der Waals surface area contributed by atoms with Gasteiger partial charge in [-0.25, -0.2) is 0 Å². The number of amidine groups is 1. The normalized spacial score (nSPS) is 22.9. The van der Waals surface area contributed by atoms with Crippen LogP contribution in [0.2, 0.25) is 0 Å². The average molecular weight is 153 g/mol. The van der Waals surface area contributed by atoms with Gasteiger partial charge in [-0.15, -0.1) is 0 Å². The molecule has 1 saturated heterocycles. The first-order valence-electron chi connectivity index (χ1n) is 3.59. The van der Waals surface area contributed by atoms with Gasteiger partial charge >= 0.3 is 0 Å². The molecule has 0 aromatic heterocycles. The van der Waals surface area contributed by atoms with Crippen molar-refractivity contribution in [3.05, 3.63) is 0 Å². The molecule has 11 heavy (non-hydrogen) atoms. The molecule has 1 aliphatic rings. The van der Waals surface area contributed by atoms with Crippen LogP contribution in [0.1, 0.15) is 6.42 Å². The van der Waals surface area contributed by atoms with Crippen LogP contribution in [-0.4, -0.2) is 37.5 Å². The van der Waals surface area contributed by atoms with Gasteiger partial charge in [-0.05, 0) is 0 Å². The van der Waals surface area contributed by atoms with Crippen LogP contribution < -0.4 is 0 Å². The maximum absolute atomic E-state index is 8.32. The molecule has 1 heterocycles. The quantitative estimate of drug-likeness (QED) is 0.468. The first-order chi connectivity index (χ1) is 5.34. The molecule has 0 aliphatic carbocycles. The second kappa shape index (κ2) is 3.94. The molecule has 0 bridgehead atoms. The van der Waals surface area contributed by atoms with Gasteiger partial charge in [-0.3, -0.25) is 0 Å². The second-order valence-electron chi connectivity index (χ2n) is 2.41. The summed E-state index contributed by atoms with van der Waals surface area (Å²) in [5.74, 6) is 0.824. The Morgan fingerprint density at radius 2 is 2.45 bits per heavy atom. The second-order valence-corrected chi connectivity index (χ2v) is 2.41. The molecule has 0 radical (unpaired) electrons. The van der Waals surface area contributed by atoms with Crippen molar-refractivity contribution >= 4 is 5.84 Å². The van der Waals surface area contributed by atoms with Gasteiger partial charge in [0.25, 0.3) is 0 Å². The highest BCUT2D eigenvalue weighted by Gasteiger charge is 2.10. The van der Waals surface area contributed by atoms with Crippen LogP contribution in [-0.2, 0) is 4.74 Å². The maximum atomic E-state index is 8.32. The van der Waals surface area contributed by atoms with E-state index in [1.54, 1.807) is 6.19 Å². The third kappa shape index (κ3) is 2.20. The fourth-order valence-electron chi connectivity index (χ4n) is 0.986. The van der Waals surface area contributed by atoms with E-state index in [0.717, 1.165) is 25.4 Å². The highest BCUT2D eigenvalue weighted by molar-refractivity contribution is 5.83. The third-order valence-corrected chi connectivity index (χ3v) is 1.66. The molecule has 4 nitrogen and oxygen atoms in total. The smallest absolute Gasteiger partial charge is 0.207 e. The lowest BCUT2D eigenvalue weighted by Crippen LogP contribution is -2.27. The van der Waals surface area contributed by atoms with Crippen molar-refractivity contribution in [2.45, 2.75) is 6.42 Å². The molecular weight excluding hydrogens is 142 g/mol. The lowest BCUT2D eigenvalue weighted by atomic mass is 10.4. The van der Waals surface area contributed by atoms with Crippen molar-refractivity contribution in [3.63, 3.8) is 0 Å². The number of ether oxygens (including phenoxy) is 1. The van der Waals surface area contributed by atoms with Crippen molar-refractivity contribution < 1.29 is 4.74 Å². The van der Waals surface area contributed by atoms with Crippen LogP contribution in [0, 0.1) is 11.5 Å². The van der Waals surface area contributed by atoms with E-state index in [9.17, 15) is 0 Å².